The van der Waals surface area contributed by atoms with Gasteiger partial charge in [0.2, 0.25) is 0 Å². The summed E-state index contributed by atoms with van der Waals surface area (Å²) in [5.41, 5.74) is 4.75. The molecule has 0 N–H and O–H groups in total. The van der Waals surface area contributed by atoms with Crippen LogP contribution >= 0.6 is 0 Å². The van der Waals surface area contributed by atoms with E-state index in [4.69, 9.17) is 15.9 Å². The lowest BCUT2D eigenvalue weighted by Crippen LogP contribution is -2.39. The normalized spacial score (nSPS) is 19.0. The number of terminal acetylenes is 1. The molecule has 0 saturated heterocycles. The molecule has 0 spiro atoms. The monoisotopic (exact) mass is 433 g/mol. The van der Waals surface area contributed by atoms with Gasteiger partial charge < -0.3 is 14.4 Å². The molecule has 32 heavy (non-hydrogen) atoms. The minimum absolute atomic E-state index is 0.149. The van der Waals surface area contributed by atoms with E-state index >= 15 is 0 Å². The zero-order valence-corrected chi connectivity index (χ0v) is 19.0. The first kappa shape index (κ1) is 22.2. The summed E-state index contributed by atoms with van der Waals surface area (Å²) in [4.78, 5) is 28.8. The van der Waals surface area contributed by atoms with Gasteiger partial charge in [0.15, 0.2) is 23.1 Å². The third kappa shape index (κ3) is 3.95. The molecule has 4 rings (SSSR count). The molecule has 0 amide bonds. The predicted octanol–water partition coefficient (Wildman–Crippen LogP) is 4.92. The van der Waals surface area contributed by atoms with Gasteiger partial charge in [-0.1, -0.05) is 18.9 Å². The molecule has 1 aliphatic heterocycles. The number of nitrogens with zero attached hydrogens (tertiary/aromatic N) is 1. The van der Waals surface area contributed by atoms with Crippen molar-refractivity contribution in [3.63, 3.8) is 0 Å². The molecule has 0 bridgehead atoms. The van der Waals surface area contributed by atoms with E-state index in [0.717, 1.165) is 66.8 Å². The molecule has 3 aliphatic rings. The number of rotatable bonds is 7. The molecule has 0 fully saturated rings. The molecule has 0 aromatic heterocycles. The molecule has 0 saturated carbocycles. The third-order valence-electron chi connectivity index (χ3n) is 6.45. The first-order chi connectivity index (χ1) is 15.6. The fourth-order valence-electron chi connectivity index (χ4n) is 5.25. The molecular weight excluding hydrogens is 402 g/mol. The summed E-state index contributed by atoms with van der Waals surface area (Å²) in [6.07, 6.45) is 10.9. The minimum atomic E-state index is -0.338. The van der Waals surface area contributed by atoms with Gasteiger partial charge in [-0.15, -0.1) is 6.42 Å². The van der Waals surface area contributed by atoms with Crippen molar-refractivity contribution in [2.45, 2.75) is 64.7 Å². The van der Waals surface area contributed by atoms with Crippen molar-refractivity contribution in [1.29, 1.82) is 0 Å². The minimum Gasteiger partial charge on any atom is -0.490 e. The SMILES string of the molecule is C#CCOc1ccc(C2C3=C(CCCC3=O)N(CCC)C3=C2C(=O)CCC3)cc1OCC. The molecule has 0 unspecified atom stereocenters. The van der Waals surface area contributed by atoms with E-state index in [0.29, 0.717) is 30.9 Å². The lowest BCUT2D eigenvalue weighted by molar-refractivity contribution is -0.117. The number of hydrogen-bond acceptors (Lipinski definition) is 5. The van der Waals surface area contributed by atoms with E-state index in [1.807, 2.05) is 25.1 Å². The summed E-state index contributed by atoms with van der Waals surface area (Å²) >= 11 is 0. The average molecular weight is 434 g/mol. The Kier molecular flexibility index (Phi) is 6.69. The van der Waals surface area contributed by atoms with Gasteiger partial charge in [-0.3, -0.25) is 9.59 Å². The number of ketones is 2. The molecular formula is C27H31NO4. The van der Waals surface area contributed by atoms with Gasteiger partial charge in [0.05, 0.1) is 6.61 Å². The Morgan fingerprint density at radius 3 is 2.19 bits per heavy atom. The van der Waals surface area contributed by atoms with Crippen molar-refractivity contribution in [2.24, 2.45) is 0 Å². The van der Waals surface area contributed by atoms with Crippen LogP contribution in [-0.4, -0.2) is 36.2 Å². The van der Waals surface area contributed by atoms with Crippen molar-refractivity contribution >= 4 is 11.6 Å². The van der Waals surface area contributed by atoms with Crippen LogP contribution in [0.25, 0.3) is 0 Å². The maximum atomic E-state index is 13.3. The third-order valence-corrected chi connectivity index (χ3v) is 6.45. The summed E-state index contributed by atoms with van der Waals surface area (Å²) < 4.78 is 11.5. The zero-order valence-electron chi connectivity index (χ0n) is 19.0. The van der Waals surface area contributed by atoms with Crippen molar-refractivity contribution in [3.05, 3.63) is 46.3 Å². The summed E-state index contributed by atoms with van der Waals surface area (Å²) in [6, 6.07) is 5.72. The Morgan fingerprint density at radius 1 is 0.969 bits per heavy atom. The summed E-state index contributed by atoms with van der Waals surface area (Å²) in [6.45, 7) is 5.53. The Morgan fingerprint density at radius 2 is 1.62 bits per heavy atom. The second-order valence-corrected chi connectivity index (χ2v) is 8.49. The second kappa shape index (κ2) is 9.65. The smallest absolute Gasteiger partial charge is 0.162 e. The maximum Gasteiger partial charge on any atom is 0.162 e. The molecule has 5 heteroatoms. The highest BCUT2D eigenvalue weighted by atomic mass is 16.5. The van der Waals surface area contributed by atoms with Crippen molar-refractivity contribution < 1.29 is 19.1 Å². The number of hydrogen-bond donors (Lipinski definition) is 0. The van der Waals surface area contributed by atoms with Crippen LogP contribution in [0.3, 0.4) is 0 Å². The largest absolute Gasteiger partial charge is 0.490 e. The molecule has 1 aromatic carbocycles. The molecule has 0 radical (unpaired) electrons. The van der Waals surface area contributed by atoms with Crippen LogP contribution in [0.15, 0.2) is 40.7 Å². The van der Waals surface area contributed by atoms with Crippen LogP contribution in [0, 0.1) is 12.3 Å². The van der Waals surface area contributed by atoms with Crippen LogP contribution in [0.2, 0.25) is 0 Å². The van der Waals surface area contributed by atoms with E-state index in [2.05, 4.69) is 17.7 Å². The highest BCUT2D eigenvalue weighted by Gasteiger charge is 2.43. The molecule has 2 aliphatic carbocycles. The van der Waals surface area contributed by atoms with Crippen LogP contribution < -0.4 is 9.47 Å². The first-order valence-electron chi connectivity index (χ1n) is 11.7. The molecule has 1 aromatic rings. The summed E-state index contributed by atoms with van der Waals surface area (Å²) in [5, 5.41) is 0. The van der Waals surface area contributed by atoms with Crippen molar-refractivity contribution in [2.75, 3.05) is 19.8 Å². The first-order valence-corrected chi connectivity index (χ1v) is 11.7. The van der Waals surface area contributed by atoms with Gasteiger partial charge in [-0.2, -0.15) is 0 Å². The van der Waals surface area contributed by atoms with Gasteiger partial charge in [0, 0.05) is 47.8 Å². The Bertz CT molecular complexity index is 983. The molecule has 5 nitrogen and oxygen atoms in total. The number of Topliss-reactive ketones (excluding diaryl/α,β-unsaturated/α-hetero) is 2. The molecule has 0 atom stereocenters. The standard InChI is InChI=1S/C27H31NO4/c1-4-15-28-19-9-7-11-21(29)26(19)25(27-20(28)10-8-12-22(27)30)18-13-14-23(32-16-5-2)24(17-18)31-6-3/h2,13-14,17,25H,4,6-12,15-16H2,1,3H3. The highest BCUT2D eigenvalue weighted by Crippen LogP contribution is 2.50. The topological polar surface area (TPSA) is 55.8 Å². The van der Waals surface area contributed by atoms with Gasteiger partial charge in [0.1, 0.15) is 6.61 Å². The summed E-state index contributed by atoms with van der Waals surface area (Å²) in [5.74, 6) is 3.62. The van der Waals surface area contributed by atoms with Crippen LogP contribution in [0.1, 0.15) is 70.3 Å². The lowest BCUT2D eigenvalue weighted by atomic mass is 9.71. The molecule has 1 heterocycles. The van der Waals surface area contributed by atoms with Crippen molar-refractivity contribution in [1.82, 2.24) is 4.90 Å². The number of allylic oxidation sites excluding steroid dienone is 4. The van der Waals surface area contributed by atoms with E-state index < -0.39 is 0 Å². The van der Waals surface area contributed by atoms with E-state index in [9.17, 15) is 9.59 Å². The second-order valence-electron chi connectivity index (χ2n) is 8.49. The van der Waals surface area contributed by atoms with Gasteiger partial charge in [0.25, 0.3) is 0 Å². The number of carbonyl (C=O) groups is 2. The molecule has 168 valence electrons. The fourth-order valence-corrected chi connectivity index (χ4v) is 5.25. The average Bonchev–Trinajstić information content (AvgIpc) is 2.79. The summed E-state index contributed by atoms with van der Waals surface area (Å²) in [7, 11) is 0. The van der Waals surface area contributed by atoms with Gasteiger partial charge in [-0.05, 0) is 56.7 Å². The Hall–Kier alpha value is -3.00. The van der Waals surface area contributed by atoms with Gasteiger partial charge >= 0.3 is 0 Å². The zero-order chi connectivity index (χ0) is 22.7. The number of carbonyl (C=O) groups excluding carboxylic acids is 2. The Balaban J connectivity index is 1.89. The number of benzene rings is 1. The quantitative estimate of drug-likeness (QED) is 0.571. The number of ether oxygens (including phenoxy) is 2. The van der Waals surface area contributed by atoms with E-state index in [-0.39, 0.29) is 24.1 Å². The van der Waals surface area contributed by atoms with E-state index in [1.165, 1.54) is 0 Å². The maximum absolute atomic E-state index is 13.3. The van der Waals surface area contributed by atoms with Crippen LogP contribution in [-0.2, 0) is 9.59 Å². The highest BCUT2D eigenvalue weighted by molar-refractivity contribution is 6.06. The van der Waals surface area contributed by atoms with Crippen LogP contribution in [0.4, 0.5) is 0 Å². The van der Waals surface area contributed by atoms with Crippen molar-refractivity contribution in [3.8, 4) is 23.8 Å². The lowest BCUT2D eigenvalue weighted by Gasteiger charge is -2.44. The van der Waals surface area contributed by atoms with Crippen LogP contribution in [0.5, 0.6) is 11.5 Å². The van der Waals surface area contributed by atoms with Gasteiger partial charge in [-0.25, -0.2) is 0 Å². The Labute approximate surface area is 190 Å². The van der Waals surface area contributed by atoms with E-state index in [1.54, 1.807) is 0 Å². The fraction of sp³-hybridized carbons (Fsp3) is 0.481. The predicted molar refractivity (Wildman–Crippen MR) is 123 cm³/mol.